The molecule has 0 saturated heterocycles. The SMILES string of the molecule is COC(=O)c1ccc(CSc2nnnn2-c2cccc(C)c2)o1. The number of thioether (sulfide) groups is 1. The topological polar surface area (TPSA) is 83.0 Å². The van der Waals surface area contributed by atoms with E-state index < -0.39 is 5.97 Å². The maximum atomic E-state index is 11.4. The third-order valence-electron chi connectivity index (χ3n) is 3.08. The van der Waals surface area contributed by atoms with Crippen molar-refractivity contribution in [1.82, 2.24) is 20.2 Å². The Morgan fingerprint density at radius 3 is 3.00 bits per heavy atom. The van der Waals surface area contributed by atoms with Crippen LogP contribution in [0.3, 0.4) is 0 Å². The van der Waals surface area contributed by atoms with E-state index in [1.807, 2.05) is 31.2 Å². The number of tetrazole rings is 1. The average molecular weight is 330 g/mol. The lowest BCUT2D eigenvalue weighted by Crippen LogP contribution is -1.99. The number of nitrogens with zero attached hydrogens (tertiary/aromatic N) is 4. The first-order valence-electron chi connectivity index (χ1n) is 6.82. The van der Waals surface area contributed by atoms with E-state index in [0.717, 1.165) is 11.3 Å². The van der Waals surface area contributed by atoms with Crippen molar-refractivity contribution >= 4 is 17.7 Å². The van der Waals surface area contributed by atoms with Gasteiger partial charge in [0.25, 0.3) is 0 Å². The molecule has 7 nitrogen and oxygen atoms in total. The molecule has 0 aliphatic carbocycles. The molecule has 2 heterocycles. The second-order valence-corrected chi connectivity index (χ2v) is 5.70. The first kappa shape index (κ1) is 15.3. The number of hydrogen-bond acceptors (Lipinski definition) is 7. The summed E-state index contributed by atoms with van der Waals surface area (Å²) in [4.78, 5) is 11.4. The van der Waals surface area contributed by atoms with Crippen molar-refractivity contribution in [2.75, 3.05) is 7.11 Å². The Hall–Kier alpha value is -2.61. The number of aromatic nitrogens is 4. The fraction of sp³-hybridized carbons (Fsp3) is 0.200. The number of furan rings is 1. The van der Waals surface area contributed by atoms with Crippen molar-refractivity contribution in [1.29, 1.82) is 0 Å². The summed E-state index contributed by atoms with van der Waals surface area (Å²) < 4.78 is 11.7. The highest BCUT2D eigenvalue weighted by molar-refractivity contribution is 7.98. The Bertz CT molecular complexity index is 828. The van der Waals surface area contributed by atoms with Crippen molar-refractivity contribution in [2.45, 2.75) is 17.8 Å². The number of rotatable bonds is 5. The lowest BCUT2D eigenvalue weighted by molar-refractivity contribution is 0.0563. The molecule has 0 spiro atoms. The Morgan fingerprint density at radius 1 is 1.35 bits per heavy atom. The average Bonchev–Trinajstić information content (AvgIpc) is 3.21. The van der Waals surface area contributed by atoms with E-state index in [9.17, 15) is 4.79 Å². The maximum absolute atomic E-state index is 11.4. The van der Waals surface area contributed by atoms with Crippen molar-refractivity contribution in [3.05, 3.63) is 53.5 Å². The second kappa shape index (κ2) is 6.66. The van der Waals surface area contributed by atoms with Crippen LogP contribution in [-0.2, 0) is 10.5 Å². The van der Waals surface area contributed by atoms with Gasteiger partial charge in [0.05, 0.1) is 18.6 Å². The summed E-state index contributed by atoms with van der Waals surface area (Å²) >= 11 is 1.42. The number of carbonyl (C=O) groups is 1. The molecule has 0 fully saturated rings. The number of aryl methyl sites for hydroxylation is 1. The molecule has 118 valence electrons. The van der Waals surface area contributed by atoms with Crippen LogP contribution < -0.4 is 0 Å². The number of benzene rings is 1. The zero-order valence-corrected chi connectivity index (χ0v) is 13.4. The maximum Gasteiger partial charge on any atom is 0.373 e. The van der Waals surface area contributed by atoms with Crippen LogP contribution in [0.5, 0.6) is 0 Å². The number of ether oxygens (including phenoxy) is 1. The fourth-order valence-corrected chi connectivity index (χ4v) is 2.78. The van der Waals surface area contributed by atoms with Gasteiger partial charge in [-0.1, -0.05) is 23.9 Å². The van der Waals surface area contributed by atoms with Crippen LogP contribution in [0.25, 0.3) is 5.69 Å². The summed E-state index contributed by atoms with van der Waals surface area (Å²) in [5.74, 6) is 0.838. The largest absolute Gasteiger partial charge is 0.463 e. The highest BCUT2D eigenvalue weighted by Crippen LogP contribution is 2.24. The van der Waals surface area contributed by atoms with Crippen LogP contribution in [0.4, 0.5) is 0 Å². The minimum absolute atomic E-state index is 0.182. The number of carbonyl (C=O) groups excluding carboxylic acids is 1. The molecule has 1 aromatic carbocycles. The van der Waals surface area contributed by atoms with E-state index in [4.69, 9.17) is 4.42 Å². The minimum Gasteiger partial charge on any atom is -0.463 e. The predicted octanol–water partition coefficient (Wildman–Crippen LogP) is 2.64. The highest BCUT2D eigenvalue weighted by atomic mass is 32.2. The monoisotopic (exact) mass is 330 g/mol. The quantitative estimate of drug-likeness (QED) is 0.525. The summed E-state index contributed by atoms with van der Waals surface area (Å²) in [6, 6.07) is 11.2. The first-order valence-corrected chi connectivity index (χ1v) is 7.81. The molecular weight excluding hydrogens is 316 g/mol. The Labute approximate surface area is 136 Å². The van der Waals surface area contributed by atoms with Crippen molar-refractivity contribution in [2.24, 2.45) is 0 Å². The van der Waals surface area contributed by atoms with E-state index in [1.165, 1.54) is 18.9 Å². The molecule has 0 unspecified atom stereocenters. The summed E-state index contributed by atoms with van der Waals surface area (Å²) in [7, 11) is 1.31. The molecule has 3 rings (SSSR count). The van der Waals surface area contributed by atoms with Gasteiger partial charge in [0.2, 0.25) is 10.9 Å². The fourth-order valence-electron chi connectivity index (χ4n) is 1.99. The molecule has 0 bridgehead atoms. The molecule has 0 atom stereocenters. The molecule has 0 radical (unpaired) electrons. The van der Waals surface area contributed by atoms with Crippen molar-refractivity contribution in [3.63, 3.8) is 0 Å². The van der Waals surface area contributed by atoms with Crippen molar-refractivity contribution in [3.8, 4) is 5.69 Å². The highest BCUT2D eigenvalue weighted by Gasteiger charge is 2.13. The van der Waals surface area contributed by atoms with Crippen LogP contribution in [0.15, 0.2) is 46.0 Å². The third kappa shape index (κ3) is 3.42. The normalized spacial score (nSPS) is 10.7. The van der Waals surface area contributed by atoms with Gasteiger partial charge in [0.15, 0.2) is 0 Å². The zero-order chi connectivity index (χ0) is 16.2. The van der Waals surface area contributed by atoms with Crippen LogP contribution >= 0.6 is 11.8 Å². The second-order valence-electron chi connectivity index (χ2n) is 4.76. The molecule has 0 saturated carbocycles. The van der Waals surface area contributed by atoms with Crippen LogP contribution in [0.2, 0.25) is 0 Å². The van der Waals surface area contributed by atoms with Gasteiger partial charge >= 0.3 is 5.97 Å². The number of methoxy groups -OCH3 is 1. The van der Waals surface area contributed by atoms with Gasteiger partial charge in [-0.2, -0.15) is 4.68 Å². The molecule has 0 aliphatic rings. The predicted molar refractivity (Wildman–Crippen MR) is 83.5 cm³/mol. The molecule has 0 N–H and O–H groups in total. The standard InChI is InChI=1S/C15H14N4O3S/c1-10-4-3-5-11(8-10)19-15(16-17-18-19)23-9-12-6-7-13(22-12)14(20)21-2/h3-8H,9H2,1-2H3. The minimum atomic E-state index is -0.495. The van der Waals surface area contributed by atoms with Gasteiger partial charge in [0.1, 0.15) is 5.76 Å². The molecule has 3 aromatic rings. The Morgan fingerprint density at radius 2 is 2.22 bits per heavy atom. The van der Waals surface area contributed by atoms with Gasteiger partial charge < -0.3 is 9.15 Å². The van der Waals surface area contributed by atoms with Crippen LogP contribution in [0, 0.1) is 6.92 Å². The van der Waals surface area contributed by atoms with Crippen LogP contribution in [0.1, 0.15) is 21.9 Å². The van der Waals surface area contributed by atoms with E-state index in [-0.39, 0.29) is 5.76 Å². The Kier molecular flexibility index (Phi) is 4.42. The Balaban J connectivity index is 1.73. The van der Waals surface area contributed by atoms with E-state index in [2.05, 4.69) is 20.3 Å². The number of hydrogen-bond donors (Lipinski definition) is 0. The van der Waals surface area contributed by atoms with E-state index in [0.29, 0.717) is 16.7 Å². The molecule has 8 heteroatoms. The van der Waals surface area contributed by atoms with E-state index in [1.54, 1.807) is 16.8 Å². The van der Waals surface area contributed by atoms with Crippen molar-refractivity contribution < 1.29 is 13.9 Å². The smallest absolute Gasteiger partial charge is 0.373 e. The molecule has 0 aliphatic heterocycles. The van der Waals surface area contributed by atoms with Gasteiger partial charge in [-0.15, -0.1) is 5.10 Å². The summed E-state index contributed by atoms with van der Waals surface area (Å²) in [6.45, 7) is 2.01. The summed E-state index contributed by atoms with van der Waals surface area (Å²) in [6.07, 6.45) is 0. The molecular formula is C15H14N4O3S. The number of esters is 1. The van der Waals surface area contributed by atoms with Gasteiger partial charge in [-0.05, 0) is 47.2 Å². The first-order chi connectivity index (χ1) is 11.2. The van der Waals surface area contributed by atoms with E-state index >= 15 is 0 Å². The van der Waals surface area contributed by atoms with Gasteiger partial charge in [-0.25, -0.2) is 4.79 Å². The lowest BCUT2D eigenvalue weighted by Gasteiger charge is -2.04. The zero-order valence-electron chi connectivity index (χ0n) is 12.6. The molecule has 2 aromatic heterocycles. The summed E-state index contributed by atoms with van der Waals surface area (Å²) in [5.41, 5.74) is 2.02. The molecule has 0 amide bonds. The van der Waals surface area contributed by atoms with Crippen LogP contribution in [-0.4, -0.2) is 33.3 Å². The summed E-state index contributed by atoms with van der Waals surface area (Å²) in [5, 5.41) is 12.4. The third-order valence-corrected chi connectivity index (χ3v) is 4.02. The van der Waals surface area contributed by atoms with Gasteiger partial charge in [-0.3, -0.25) is 0 Å². The van der Waals surface area contributed by atoms with Gasteiger partial charge in [0, 0.05) is 0 Å². The lowest BCUT2D eigenvalue weighted by atomic mass is 10.2. The molecule has 23 heavy (non-hydrogen) atoms.